The fourth-order valence-corrected chi connectivity index (χ4v) is 2.97. The van der Waals surface area contributed by atoms with Gasteiger partial charge in [-0.05, 0) is 38.1 Å². The molecule has 1 aliphatic carbocycles. The fraction of sp³-hybridized carbons (Fsp3) is 1.00. The molecule has 1 saturated carbocycles. The third-order valence-electron chi connectivity index (χ3n) is 3.27. The Bertz CT molecular complexity index is 153. The Kier molecular flexibility index (Phi) is 6.91. The second kappa shape index (κ2) is 7.67. The van der Waals surface area contributed by atoms with Crippen molar-refractivity contribution in [3.05, 3.63) is 0 Å². The van der Waals surface area contributed by atoms with E-state index in [-0.39, 0.29) is 0 Å². The van der Waals surface area contributed by atoms with Crippen molar-refractivity contribution in [1.82, 2.24) is 4.90 Å². The molecule has 0 atom stereocenters. The van der Waals surface area contributed by atoms with Crippen LogP contribution in [0.1, 0.15) is 52.4 Å². The van der Waals surface area contributed by atoms with E-state index in [1.807, 2.05) is 0 Å². The van der Waals surface area contributed by atoms with Crippen LogP contribution >= 0.6 is 15.9 Å². The van der Waals surface area contributed by atoms with Gasteiger partial charge in [0, 0.05) is 17.9 Å². The zero-order valence-electron chi connectivity index (χ0n) is 10.3. The summed E-state index contributed by atoms with van der Waals surface area (Å²) in [6.45, 7) is 7.29. The Morgan fingerprint density at radius 3 is 2.40 bits per heavy atom. The molecule has 0 bridgehead atoms. The molecule has 15 heavy (non-hydrogen) atoms. The van der Waals surface area contributed by atoms with Crippen molar-refractivity contribution in [2.24, 2.45) is 5.92 Å². The molecule has 0 aromatic rings. The van der Waals surface area contributed by atoms with Gasteiger partial charge in [-0.25, -0.2) is 0 Å². The van der Waals surface area contributed by atoms with Crippen LogP contribution in [-0.4, -0.2) is 29.4 Å². The molecule has 1 nitrogen and oxygen atoms in total. The molecular weight excluding hydrogens is 250 g/mol. The average molecular weight is 276 g/mol. The summed E-state index contributed by atoms with van der Waals surface area (Å²) < 4.78 is 0. The van der Waals surface area contributed by atoms with Crippen molar-refractivity contribution in [3.63, 3.8) is 0 Å². The van der Waals surface area contributed by atoms with Crippen LogP contribution in [0.25, 0.3) is 0 Å². The molecule has 0 radical (unpaired) electrons. The summed E-state index contributed by atoms with van der Waals surface area (Å²) >= 11 is 3.52. The van der Waals surface area contributed by atoms with Crippen molar-refractivity contribution in [2.45, 2.75) is 58.4 Å². The molecule has 0 saturated heterocycles. The SMILES string of the molecule is CC(C)CN(CCCCBr)C1CCCC1. The zero-order valence-corrected chi connectivity index (χ0v) is 11.9. The zero-order chi connectivity index (χ0) is 11.1. The van der Waals surface area contributed by atoms with Gasteiger partial charge in [-0.2, -0.15) is 0 Å². The Morgan fingerprint density at radius 2 is 1.87 bits per heavy atom. The van der Waals surface area contributed by atoms with Gasteiger partial charge in [0.25, 0.3) is 0 Å². The lowest BCUT2D eigenvalue weighted by atomic mass is 10.1. The number of rotatable bonds is 7. The highest BCUT2D eigenvalue weighted by Crippen LogP contribution is 2.24. The first kappa shape index (κ1) is 13.5. The maximum Gasteiger partial charge on any atom is 0.00953 e. The van der Waals surface area contributed by atoms with Gasteiger partial charge in [-0.3, -0.25) is 0 Å². The van der Waals surface area contributed by atoms with Crippen LogP contribution in [-0.2, 0) is 0 Å². The first-order valence-corrected chi connectivity index (χ1v) is 7.66. The standard InChI is InChI=1S/C13H26BrN/c1-12(2)11-15(10-6-5-9-14)13-7-3-4-8-13/h12-13H,3-11H2,1-2H3. The van der Waals surface area contributed by atoms with E-state index in [0.29, 0.717) is 0 Å². The van der Waals surface area contributed by atoms with Crippen LogP contribution < -0.4 is 0 Å². The van der Waals surface area contributed by atoms with E-state index >= 15 is 0 Å². The Balaban J connectivity index is 2.30. The van der Waals surface area contributed by atoms with Crippen molar-refractivity contribution in [1.29, 1.82) is 0 Å². The lowest BCUT2D eigenvalue weighted by Gasteiger charge is -2.30. The van der Waals surface area contributed by atoms with Crippen LogP contribution in [0.15, 0.2) is 0 Å². The molecule has 0 spiro atoms. The number of nitrogens with zero attached hydrogens (tertiary/aromatic N) is 1. The Morgan fingerprint density at radius 1 is 1.20 bits per heavy atom. The molecule has 0 heterocycles. The molecule has 0 aromatic heterocycles. The van der Waals surface area contributed by atoms with Gasteiger partial charge in [0.2, 0.25) is 0 Å². The fourth-order valence-electron chi connectivity index (χ4n) is 2.57. The maximum atomic E-state index is 3.52. The van der Waals surface area contributed by atoms with Gasteiger partial charge >= 0.3 is 0 Å². The van der Waals surface area contributed by atoms with Gasteiger partial charge in [0.1, 0.15) is 0 Å². The van der Waals surface area contributed by atoms with Gasteiger partial charge in [-0.15, -0.1) is 0 Å². The average Bonchev–Trinajstić information content (AvgIpc) is 2.68. The largest absolute Gasteiger partial charge is 0.300 e. The number of alkyl halides is 1. The number of halogens is 1. The first-order valence-electron chi connectivity index (χ1n) is 6.54. The van der Waals surface area contributed by atoms with E-state index in [1.54, 1.807) is 0 Å². The molecule has 1 aliphatic rings. The van der Waals surface area contributed by atoms with Crippen LogP contribution in [0, 0.1) is 5.92 Å². The summed E-state index contributed by atoms with van der Waals surface area (Å²) in [6, 6.07) is 0.905. The molecule has 0 amide bonds. The van der Waals surface area contributed by atoms with E-state index < -0.39 is 0 Å². The number of hydrogen-bond donors (Lipinski definition) is 0. The number of hydrogen-bond acceptors (Lipinski definition) is 1. The predicted octanol–water partition coefficient (Wildman–Crippen LogP) is 4.06. The molecule has 0 aromatic carbocycles. The summed E-state index contributed by atoms with van der Waals surface area (Å²) in [5.41, 5.74) is 0. The first-order chi connectivity index (χ1) is 7.24. The summed E-state index contributed by atoms with van der Waals surface area (Å²) in [7, 11) is 0. The highest BCUT2D eigenvalue weighted by molar-refractivity contribution is 9.09. The van der Waals surface area contributed by atoms with Gasteiger partial charge in [0.05, 0.1) is 0 Å². The quantitative estimate of drug-likeness (QED) is 0.500. The molecular formula is C13H26BrN. The number of unbranched alkanes of at least 4 members (excludes halogenated alkanes) is 1. The second-order valence-corrected chi connectivity index (χ2v) is 6.02. The summed E-state index contributed by atoms with van der Waals surface area (Å²) in [6.07, 6.45) is 8.48. The van der Waals surface area contributed by atoms with Crippen molar-refractivity contribution in [2.75, 3.05) is 18.4 Å². The smallest absolute Gasteiger partial charge is 0.00953 e. The lowest BCUT2D eigenvalue weighted by molar-refractivity contribution is 0.175. The van der Waals surface area contributed by atoms with E-state index in [4.69, 9.17) is 0 Å². The van der Waals surface area contributed by atoms with E-state index in [9.17, 15) is 0 Å². The summed E-state index contributed by atoms with van der Waals surface area (Å²) in [4.78, 5) is 2.75. The lowest BCUT2D eigenvalue weighted by Crippen LogP contribution is -2.37. The molecule has 90 valence electrons. The minimum absolute atomic E-state index is 0.814. The van der Waals surface area contributed by atoms with Crippen LogP contribution in [0.2, 0.25) is 0 Å². The maximum absolute atomic E-state index is 3.52. The predicted molar refractivity (Wildman–Crippen MR) is 71.7 cm³/mol. The Hall–Kier alpha value is 0.440. The highest BCUT2D eigenvalue weighted by Gasteiger charge is 2.22. The molecule has 0 N–H and O–H groups in total. The molecule has 0 unspecified atom stereocenters. The van der Waals surface area contributed by atoms with Crippen LogP contribution in [0.3, 0.4) is 0 Å². The van der Waals surface area contributed by atoms with E-state index in [1.165, 1.54) is 51.6 Å². The van der Waals surface area contributed by atoms with E-state index in [2.05, 4.69) is 34.7 Å². The van der Waals surface area contributed by atoms with Gasteiger partial charge < -0.3 is 4.90 Å². The van der Waals surface area contributed by atoms with E-state index in [0.717, 1.165) is 17.3 Å². The monoisotopic (exact) mass is 275 g/mol. The second-order valence-electron chi connectivity index (χ2n) is 5.22. The summed E-state index contributed by atoms with van der Waals surface area (Å²) in [5, 5.41) is 1.16. The van der Waals surface area contributed by atoms with Crippen LogP contribution in [0.5, 0.6) is 0 Å². The highest BCUT2D eigenvalue weighted by atomic mass is 79.9. The van der Waals surface area contributed by atoms with Crippen molar-refractivity contribution >= 4 is 15.9 Å². The van der Waals surface area contributed by atoms with Gasteiger partial charge in [0.15, 0.2) is 0 Å². The molecule has 0 aliphatic heterocycles. The normalized spacial score (nSPS) is 18.2. The van der Waals surface area contributed by atoms with Crippen LogP contribution in [0.4, 0.5) is 0 Å². The van der Waals surface area contributed by atoms with Crippen molar-refractivity contribution in [3.8, 4) is 0 Å². The minimum atomic E-state index is 0.814. The molecule has 1 rings (SSSR count). The third kappa shape index (κ3) is 5.35. The summed E-state index contributed by atoms with van der Waals surface area (Å²) in [5.74, 6) is 0.814. The molecule has 1 fully saturated rings. The molecule has 2 heteroatoms. The topological polar surface area (TPSA) is 3.24 Å². The minimum Gasteiger partial charge on any atom is -0.300 e. The van der Waals surface area contributed by atoms with Crippen molar-refractivity contribution < 1.29 is 0 Å². The third-order valence-corrected chi connectivity index (χ3v) is 3.83. The Labute approximate surface area is 104 Å². The van der Waals surface area contributed by atoms with Gasteiger partial charge in [-0.1, -0.05) is 42.6 Å².